The van der Waals surface area contributed by atoms with Crippen molar-refractivity contribution in [2.24, 2.45) is 0 Å². The summed E-state index contributed by atoms with van der Waals surface area (Å²) in [5.74, 6) is 2.11. The smallest absolute Gasteiger partial charge is 0.120 e. The van der Waals surface area contributed by atoms with Crippen LogP contribution in [0.5, 0.6) is 0 Å². The summed E-state index contributed by atoms with van der Waals surface area (Å²) in [5, 5.41) is 4.44. The van der Waals surface area contributed by atoms with Crippen LogP contribution in [0.4, 0.5) is 0 Å². The molecule has 1 aliphatic rings. The van der Waals surface area contributed by atoms with Gasteiger partial charge in [-0.15, -0.1) is 11.8 Å². The lowest BCUT2D eigenvalue weighted by molar-refractivity contribution is 0.384. The van der Waals surface area contributed by atoms with E-state index < -0.39 is 0 Å². The second-order valence-corrected chi connectivity index (χ2v) is 6.35. The highest BCUT2D eigenvalue weighted by molar-refractivity contribution is 7.99. The number of benzene rings is 1. The van der Waals surface area contributed by atoms with Crippen molar-refractivity contribution in [3.63, 3.8) is 0 Å². The Kier molecular flexibility index (Phi) is 3.87. The molecule has 2 atom stereocenters. The van der Waals surface area contributed by atoms with Crippen molar-refractivity contribution in [2.75, 3.05) is 5.75 Å². The van der Waals surface area contributed by atoms with Gasteiger partial charge >= 0.3 is 0 Å². The molecule has 1 aromatic carbocycles. The van der Waals surface area contributed by atoms with Crippen molar-refractivity contribution in [3.8, 4) is 0 Å². The molecule has 0 saturated heterocycles. The number of furan rings is 1. The minimum atomic E-state index is 0.204. The minimum Gasteiger partial charge on any atom is -0.468 e. The van der Waals surface area contributed by atoms with Crippen molar-refractivity contribution in [1.29, 1.82) is 0 Å². The quantitative estimate of drug-likeness (QED) is 0.878. The molecule has 0 spiro atoms. The summed E-state index contributed by atoms with van der Waals surface area (Å²) >= 11 is 8.03. The van der Waals surface area contributed by atoms with Crippen molar-refractivity contribution >= 4 is 23.4 Å². The van der Waals surface area contributed by atoms with E-state index in [0.717, 1.165) is 23.0 Å². The van der Waals surface area contributed by atoms with Gasteiger partial charge in [-0.05, 0) is 55.0 Å². The number of hydrogen-bond acceptors (Lipinski definition) is 3. The maximum absolute atomic E-state index is 6.12. The average molecular weight is 294 g/mol. The van der Waals surface area contributed by atoms with Gasteiger partial charge in [-0.25, -0.2) is 0 Å². The van der Waals surface area contributed by atoms with Crippen LogP contribution in [0.2, 0.25) is 5.02 Å². The van der Waals surface area contributed by atoms with E-state index in [1.165, 1.54) is 10.5 Å². The van der Waals surface area contributed by atoms with E-state index in [1.807, 2.05) is 30.0 Å². The summed E-state index contributed by atoms with van der Waals surface area (Å²) < 4.78 is 5.45. The van der Waals surface area contributed by atoms with E-state index in [0.29, 0.717) is 6.04 Å². The maximum Gasteiger partial charge on any atom is 0.120 e. The lowest BCUT2D eigenvalue weighted by Gasteiger charge is -2.28. The standard InChI is InChI=1S/C15H16ClNOS/c1-10(14-3-2-7-18-14)17-13-6-8-19-15-5-4-11(16)9-12(13)15/h2-5,7,9-10,13,17H,6,8H2,1H3. The number of nitrogens with one attached hydrogen (secondary N) is 1. The van der Waals surface area contributed by atoms with Gasteiger partial charge in [-0.2, -0.15) is 0 Å². The number of halogens is 1. The first-order chi connectivity index (χ1) is 9.24. The van der Waals surface area contributed by atoms with Crippen LogP contribution in [0, 0.1) is 0 Å². The first kappa shape index (κ1) is 13.1. The van der Waals surface area contributed by atoms with E-state index in [4.69, 9.17) is 16.0 Å². The zero-order valence-electron chi connectivity index (χ0n) is 10.7. The molecule has 1 aromatic heterocycles. The molecular formula is C15H16ClNOS. The Hall–Kier alpha value is -0.900. The summed E-state index contributed by atoms with van der Waals surface area (Å²) in [6, 6.07) is 10.6. The molecule has 4 heteroatoms. The maximum atomic E-state index is 6.12. The van der Waals surface area contributed by atoms with Gasteiger partial charge in [0.1, 0.15) is 5.76 Å². The molecule has 0 bridgehead atoms. The molecule has 0 fully saturated rings. The normalized spacial score (nSPS) is 20.0. The molecule has 0 aliphatic carbocycles. The van der Waals surface area contributed by atoms with E-state index in [-0.39, 0.29) is 6.04 Å². The molecule has 1 N–H and O–H groups in total. The second kappa shape index (κ2) is 5.61. The fraction of sp³-hybridized carbons (Fsp3) is 0.333. The van der Waals surface area contributed by atoms with Crippen molar-refractivity contribution in [3.05, 3.63) is 52.9 Å². The predicted molar refractivity (Wildman–Crippen MR) is 79.8 cm³/mol. The minimum absolute atomic E-state index is 0.204. The first-order valence-electron chi connectivity index (χ1n) is 6.46. The van der Waals surface area contributed by atoms with Crippen molar-refractivity contribution < 1.29 is 4.42 Å². The number of rotatable bonds is 3. The Labute approximate surface area is 122 Å². The Morgan fingerprint density at radius 2 is 2.32 bits per heavy atom. The van der Waals surface area contributed by atoms with E-state index >= 15 is 0 Å². The molecule has 100 valence electrons. The fourth-order valence-electron chi connectivity index (χ4n) is 2.46. The van der Waals surface area contributed by atoms with Crippen LogP contribution < -0.4 is 5.32 Å². The van der Waals surface area contributed by atoms with Crippen LogP contribution in [-0.4, -0.2) is 5.75 Å². The second-order valence-electron chi connectivity index (χ2n) is 4.78. The van der Waals surface area contributed by atoms with E-state index in [9.17, 15) is 0 Å². The van der Waals surface area contributed by atoms with Gasteiger partial charge in [0, 0.05) is 16.0 Å². The third kappa shape index (κ3) is 2.83. The molecule has 0 saturated carbocycles. The van der Waals surface area contributed by atoms with E-state index in [2.05, 4.69) is 24.4 Å². The summed E-state index contributed by atoms with van der Waals surface area (Å²) in [5.41, 5.74) is 1.31. The zero-order valence-corrected chi connectivity index (χ0v) is 12.3. The summed E-state index contributed by atoms with van der Waals surface area (Å²) in [6.45, 7) is 2.13. The lowest BCUT2D eigenvalue weighted by atomic mass is 10.0. The largest absolute Gasteiger partial charge is 0.468 e. The number of fused-ring (bicyclic) bond motifs is 1. The van der Waals surface area contributed by atoms with Gasteiger partial charge in [-0.1, -0.05) is 11.6 Å². The van der Waals surface area contributed by atoms with Gasteiger partial charge in [0.15, 0.2) is 0 Å². The highest BCUT2D eigenvalue weighted by atomic mass is 35.5. The van der Waals surface area contributed by atoms with Crippen LogP contribution in [0.15, 0.2) is 45.9 Å². The SMILES string of the molecule is CC(NC1CCSc2ccc(Cl)cc21)c1ccco1. The van der Waals surface area contributed by atoms with Gasteiger partial charge in [-0.3, -0.25) is 0 Å². The Bertz CT molecular complexity index is 555. The summed E-state index contributed by atoms with van der Waals surface area (Å²) in [4.78, 5) is 1.33. The molecular weight excluding hydrogens is 278 g/mol. The Morgan fingerprint density at radius 1 is 1.42 bits per heavy atom. The molecule has 0 amide bonds. The van der Waals surface area contributed by atoms with Gasteiger partial charge in [0.2, 0.25) is 0 Å². The van der Waals surface area contributed by atoms with Crippen LogP contribution in [0.25, 0.3) is 0 Å². The third-order valence-electron chi connectivity index (χ3n) is 3.43. The molecule has 0 radical (unpaired) electrons. The molecule has 3 rings (SSSR count). The fourth-order valence-corrected chi connectivity index (χ4v) is 3.75. The first-order valence-corrected chi connectivity index (χ1v) is 7.82. The van der Waals surface area contributed by atoms with Crippen LogP contribution in [-0.2, 0) is 0 Å². The van der Waals surface area contributed by atoms with Gasteiger partial charge in [0.05, 0.1) is 12.3 Å². The molecule has 2 aromatic rings. The van der Waals surface area contributed by atoms with E-state index in [1.54, 1.807) is 6.26 Å². The molecule has 2 nitrogen and oxygen atoms in total. The summed E-state index contributed by atoms with van der Waals surface area (Å²) in [6.07, 6.45) is 2.83. The zero-order chi connectivity index (χ0) is 13.2. The predicted octanol–water partition coefficient (Wildman–Crippen LogP) is 4.82. The highest BCUT2D eigenvalue weighted by Crippen LogP contribution is 2.38. The van der Waals surface area contributed by atoms with Crippen LogP contribution >= 0.6 is 23.4 Å². The molecule has 1 aliphatic heterocycles. The van der Waals surface area contributed by atoms with Crippen molar-refractivity contribution in [1.82, 2.24) is 5.32 Å². The Morgan fingerprint density at radius 3 is 3.11 bits per heavy atom. The third-order valence-corrected chi connectivity index (χ3v) is 4.79. The number of hydrogen-bond donors (Lipinski definition) is 1. The van der Waals surface area contributed by atoms with Crippen LogP contribution in [0.1, 0.15) is 36.8 Å². The average Bonchev–Trinajstić information content (AvgIpc) is 2.93. The molecule has 19 heavy (non-hydrogen) atoms. The summed E-state index contributed by atoms with van der Waals surface area (Å²) in [7, 11) is 0. The van der Waals surface area contributed by atoms with Gasteiger partial charge < -0.3 is 9.73 Å². The molecule has 2 unspecified atom stereocenters. The topological polar surface area (TPSA) is 25.2 Å². The van der Waals surface area contributed by atoms with Crippen molar-refractivity contribution in [2.45, 2.75) is 30.3 Å². The van der Waals surface area contributed by atoms with Gasteiger partial charge in [0.25, 0.3) is 0 Å². The number of thioether (sulfide) groups is 1. The Balaban J connectivity index is 1.81. The molecule has 2 heterocycles. The lowest BCUT2D eigenvalue weighted by Crippen LogP contribution is -2.27. The highest BCUT2D eigenvalue weighted by Gasteiger charge is 2.23. The van der Waals surface area contributed by atoms with Crippen LogP contribution in [0.3, 0.4) is 0 Å². The monoisotopic (exact) mass is 293 g/mol.